The van der Waals surface area contributed by atoms with Gasteiger partial charge in [0.25, 0.3) is 0 Å². The number of rotatable bonds is 9. The highest BCUT2D eigenvalue weighted by Gasteiger charge is 2.44. The van der Waals surface area contributed by atoms with E-state index < -0.39 is 42.5 Å². The number of carbonyl (C=O) groups excluding carboxylic acids is 2. The molecule has 0 aliphatic carbocycles. The van der Waals surface area contributed by atoms with Crippen molar-refractivity contribution in [3.63, 3.8) is 0 Å². The van der Waals surface area contributed by atoms with Crippen LogP contribution in [0.3, 0.4) is 0 Å². The van der Waals surface area contributed by atoms with Crippen LogP contribution in [0.2, 0.25) is 0 Å². The first-order chi connectivity index (χ1) is 11.4. The molecule has 1 amide bonds. The van der Waals surface area contributed by atoms with Gasteiger partial charge in [0, 0.05) is 13.3 Å². The zero-order valence-corrected chi connectivity index (χ0v) is 14.3. The smallest absolute Gasteiger partial charge is 0.305 e. The molecule has 0 aromatic heterocycles. The Bertz CT molecular complexity index is 404. The van der Waals surface area contributed by atoms with E-state index in [1.54, 1.807) is 0 Å². The van der Waals surface area contributed by atoms with Crippen LogP contribution >= 0.6 is 0 Å². The van der Waals surface area contributed by atoms with Crippen molar-refractivity contribution < 1.29 is 34.4 Å². The van der Waals surface area contributed by atoms with Crippen molar-refractivity contribution in [1.82, 2.24) is 5.32 Å². The fraction of sp³-hybridized carbons (Fsp3) is 0.875. The topological polar surface area (TPSA) is 125 Å². The van der Waals surface area contributed by atoms with Crippen LogP contribution in [0.15, 0.2) is 0 Å². The lowest BCUT2D eigenvalue weighted by atomic mass is 9.97. The van der Waals surface area contributed by atoms with Crippen molar-refractivity contribution in [3.05, 3.63) is 0 Å². The van der Waals surface area contributed by atoms with Gasteiger partial charge in [0.1, 0.15) is 31.0 Å². The molecule has 8 nitrogen and oxygen atoms in total. The van der Waals surface area contributed by atoms with E-state index in [0.717, 1.165) is 32.1 Å². The molecule has 5 atom stereocenters. The second-order valence-electron chi connectivity index (χ2n) is 6.12. The quantitative estimate of drug-likeness (QED) is 0.337. The van der Waals surface area contributed by atoms with Crippen LogP contribution in [0, 0.1) is 0 Å². The number of nitrogens with one attached hydrogen (secondary N) is 1. The third-order valence-electron chi connectivity index (χ3n) is 3.98. The number of carbonyl (C=O) groups is 2. The van der Waals surface area contributed by atoms with Crippen LogP contribution in [-0.2, 0) is 19.1 Å². The van der Waals surface area contributed by atoms with Crippen LogP contribution in [-0.4, -0.2) is 64.4 Å². The number of esters is 1. The summed E-state index contributed by atoms with van der Waals surface area (Å²) in [6, 6.07) is -1.14. The molecule has 1 aliphatic rings. The van der Waals surface area contributed by atoms with Crippen molar-refractivity contribution in [1.29, 1.82) is 0 Å². The van der Waals surface area contributed by atoms with Crippen LogP contribution in [0.5, 0.6) is 0 Å². The standard InChI is InChI=1S/C16H29NO7/c1-3-4-5-6-7-8-12(19)23-9-11-14(20)15(21)13(16(22)24-11)17-10(2)18/h11,13-16,20-22H,3-9H2,1-2H3,(H,17,18)/t11-,13-,14-,15-,16-/m1/s1. The molecule has 0 bridgehead atoms. The molecular formula is C16H29NO7. The van der Waals surface area contributed by atoms with Gasteiger partial charge in [-0.15, -0.1) is 0 Å². The molecule has 0 radical (unpaired) electrons. The Morgan fingerprint density at radius 2 is 1.75 bits per heavy atom. The molecular weight excluding hydrogens is 318 g/mol. The average Bonchev–Trinajstić information content (AvgIpc) is 2.53. The van der Waals surface area contributed by atoms with Gasteiger partial charge >= 0.3 is 5.97 Å². The van der Waals surface area contributed by atoms with Gasteiger partial charge in [0.15, 0.2) is 6.29 Å². The molecule has 1 rings (SSSR count). The number of hydrogen-bond donors (Lipinski definition) is 4. The first-order valence-electron chi connectivity index (χ1n) is 8.49. The largest absolute Gasteiger partial charge is 0.463 e. The molecule has 1 saturated heterocycles. The van der Waals surface area contributed by atoms with E-state index in [0.29, 0.717) is 0 Å². The number of amides is 1. The molecule has 0 aromatic carbocycles. The van der Waals surface area contributed by atoms with E-state index in [1.165, 1.54) is 6.92 Å². The Labute approximate surface area is 142 Å². The Kier molecular flexibility index (Phi) is 9.20. The van der Waals surface area contributed by atoms with E-state index in [9.17, 15) is 24.9 Å². The first kappa shape index (κ1) is 20.8. The van der Waals surface area contributed by atoms with Gasteiger partial charge in [0.2, 0.25) is 5.91 Å². The molecule has 1 fully saturated rings. The molecule has 1 heterocycles. The Balaban J connectivity index is 2.35. The van der Waals surface area contributed by atoms with Gasteiger partial charge < -0.3 is 30.1 Å². The molecule has 0 unspecified atom stereocenters. The van der Waals surface area contributed by atoms with Crippen molar-refractivity contribution >= 4 is 11.9 Å². The molecule has 0 spiro atoms. The molecule has 24 heavy (non-hydrogen) atoms. The fourth-order valence-electron chi connectivity index (χ4n) is 2.59. The van der Waals surface area contributed by atoms with E-state index in [4.69, 9.17) is 9.47 Å². The SMILES string of the molecule is CCCCCCCC(=O)OC[C@H]1O[C@@H](O)[C@H](NC(C)=O)[C@@H](O)[C@@H]1O. The second kappa shape index (κ2) is 10.6. The van der Waals surface area contributed by atoms with Gasteiger partial charge in [-0.3, -0.25) is 9.59 Å². The molecule has 140 valence electrons. The summed E-state index contributed by atoms with van der Waals surface area (Å²) in [6.07, 6.45) is -0.0199. The lowest BCUT2D eigenvalue weighted by Crippen LogP contribution is -2.64. The van der Waals surface area contributed by atoms with E-state index >= 15 is 0 Å². The first-order valence-corrected chi connectivity index (χ1v) is 8.49. The van der Waals surface area contributed by atoms with Gasteiger partial charge in [-0.05, 0) is 6.42 Å². The Morgan fingerprint density at radius 1 is 1.08 bits per heavy atom. The minimum absolute atomic E-state index is 0.268. The number of ether oxygens (including phenoxy) is 2. The van der Waals surface area contributed by atoms with Gasteiger partial charge in [0.05, 0.1) is 0 Å². The third-order valence-corrected chi connectivity index (χ3v) is 3.98. The van der Waals surface area contributed by atoms with Crippen LogP contribution < -0.4 is 5.32 Å². The fourth-order valence-corrected chi connectivity index (χ4v) is 2.59. The van der Waals surface area contributed by atoms with Crippen LogP contribution in [0.25, 0.3) is 0 Å². The maximum atomic E-state index is 11.7. The van der Waals surface area contributed by atoms with Gasteiger partial charge in [-0.2, -0.15) is 0 Å². The summed E-state index contributed by atoms with van der Waals surface area (Å²) in [5, 5.41) is 32.1. The van der Waals surface area contributed by atoms with Crippen molar-refractivity contribution in [2.24, 2.45) is 0 Å². The summed E-state index contributed by atoms with van der Waals surface area (Å²) in [7, 11) is 0. The Hall–Kier alpha value is -1.22. The Morgan fingerprint density at radius 3 is 2.38 bits per heavy atom. The van der Waals surface area contributed by atoms with E-state index in [-0.39, 0.29) is 13.0 Å². The highest BCUT2D eigenvalue weighted by atomic mass is 16.6. The summed E-state index contributed by atoms with van der Waals surface area (Å²) in [4.78, 5) is 22.7. The normalized spacial score (nSPS) is 30.0. The van der Waals surface area contributed by atoms with Crippen molar-refractivity contribution in [2.45, 2.75) is 83.0 Å². The molecule has 1 aliphatic heterocycles. The summed E-state index contributed by atoms with van der Waals surface area (Å²) in [5.41, 5.74) is 0. The molecule has 0 saturated carbocycles. The summed E-state index contributed by atoms with van der Waals surface area (Å²) < 4.78 is 10.2. The number of aliphatic hydroxyl groups excluding tert-OH is 3. The minimum Gasteiger partial charge on any atom is -0.463 e. The highest BCUT2D eigenvalue weighted by Crippen LogP contribution is 2.20. The van der Waals surface area contributed by atoms with Crippen LogP contribution in [0.1, 0.15) is 52.4 Å². The predicted molar refractivity (Wildman–Crippen MR) is 84.8 cm³/mol. The lowest BCUT2D eigenvalue weighted by molar-refractivity contribution is -0.255. The zero-order chi connectivity index (χ0) is 18.1. The lowest BCUT2D eigenvalue weighted by Gasteiger charge is -2.40. The number of unbranched alkanes of at least 4 members (excludes halogenated alkanes) is 4. The molecule has 4 N–H and O–H groups in total. The monoisotopic (exact) mass is 347 g/mol. The van der Waals surface area contributed by atoms with Crippen molar-refractivity contribution in [3.8, 4) is 0 Å². The maximum absolute atomic E-state index is 11.7. The average molecular weight is 347 g/mol. The summed E-state index contributed by atoms with van der Waals surface area (Å²) in [6.45, 7) is 3.07. The van der Waals surface area contributed by atoms with Gasteiger partial charge in [-0.1, -0.05) is 32.6 Å². The molecule has 0 aromatic rings. The third kappa shape index (κ3) is 6.72. The summed E-state index contributed by atoms with van der Waals surface area (Å²) >= 11 is 0. The second-order valence-corrected chi connectivity index (χ2v) is 6.12. The van der Waals surface area contributed by atoms with E-state index in [2.05, 4.69) is 12.2 Å². The van der Waals surface area contributed by atoms with Crippen LogP contribution in [0.4, 0.5) is 0 Å². The highest BCUT2D eigenvalue weighted by molar-refractivity contribution is 5.73. The molecule has 8 heteroatoms. The van der Waals surface area contributed by atoms with Gasteiger partial charge in [-0.25, -0.2) is 0 Å². The van der Waals surface area contributed by atoms with E-state index in [1.807, 2.05) is 0 Å². The maximum Gasteiger partial charge on any atom is 0.305 e. The number of hydrogen-bond acceptors (Lipinski definition) is 7. The predicted octanol–water partition coefficient (Wildman–Crippen LogP) is -0.166. The minimum atomic E-state index is -1.50. The summed E-state index contributed by atoms with van der Waals surface area (Å²) in [5.74, 6) is -0.878. The number of aliphatic hydroxyl groups is 3. The van der Waals surface area contributed by atoms with Crippen molar-refractivity contribution in [2.75, 3.05) is 6.61 Å². The zero-order valence-electron chi connectivity index (χ0n) is 14.3.